The van der Waals surface area contributed by atoms with E-state index in [1.807, 2.05) is 12.3 Å². The van der Waals surface area contributed by atoms with Crippen LogP contribution in [0.25, 0.3) is 10.7 Å². The molecule has 1 aliphatic rings. The van der Waals surface area contributed by atoms with Crippen molar-refractivity contribution in [1.82, 2.24) is 15.3 Å². The van der Waals surface area contributed by atoms with Gasteiger partial charge >= 0.3 is 0 Å². The van der Waals surface area contributed by atoms with Crippen LogP contribution in [0, 0.1) is 6.92 Å². The summed E-state index contributed by atoms with van der Waals surface area (Å²) in [5.41, 5.74) is 0. The minimum Gasteiger partial charge on any atom is -0.354 e. The third-order valence-corrected chi connectivity index (χ3v) is 4.04. The predicted molar refractivity (Wildman–Crippen MR) is 75.2 cm³/mol. The molecule has 0 aromatic carbocycles. The van der Waals surface area contributed by atoms with Crippen molar-refractivity contribution in [1.29, 1.82) is 0 Å². The molecule has 1 N–H and O–H groups in total. The van der Waals surface area contributed by atoms with Crippen LogP contribution in [0.5, 0.6) is 0 Å². The first-order chi connectivity index (χ1) is 8.83. The van der Waals surface area contributed by atoms with Crippen LogP contribution in [0.3, 0.4) is 0 Å². The molecule has 0 bridgehead atoms. The van der Waals surface area contributed by atoms with Crippen LogP contribution in [0.2, 0.25) is 0 Å². The summed E-state index contributed by atoms with van der Waals surface area (Å²) in [6.07, 6.45) is 1.86. The van der Waals surface area contributed by atoms with Crippen molar-refractivity contribution in [2.45, 2.75) is 6.92 Å². The summed E-state index contributed by atoms with van der Waals surface area (Å²) in [6, 6.07) is 6.20. The topological polar surface area (TPSA) is 41.1 Å². The van der Waals surface area contributed by atoms with Crippen LogP contribution in [0.1, 0.15) is 4.88 Å². The molecule has 0 radical (unpaired) electrons. The lowest BCUT2D eigenvalue weighted by atomic mass is 10.3. The molecular formula is C13H16N4S. The van der Waals surface area contributed by atoms with Gasteiger partial charge < -0.3 is 10.2 Å². The van der Waals surface area contributed by atoms with E-state index in [9.17, 15) is 0 Å². The summed E-state index contributed by atoms with van der Waals surface area (Å²) < 4.78 is 0. The standard InChI is InChI=1S/C13H16N4S/c1-10-2-3-11(18-10)13-15-5-4-12(16-13)17-8-6-14-7-9-17/h2-5,14H,6-9H2,1H3. The van der Waals surface area contributed by atoms with Gasteiger partial charge in [0.2, 0.25) is 0 Å². The summed E-state index contributed by atoms with van der Waals surface area (Å²) in [4.78, 5) is 13.8. The Morgan fingerprint density at radius 1 is 1.22 bits per heavy atom. The van der Waals surface area contributed by atoms with Gasteiger partial charge in [0.25, 0.3) is 0 Å². The lowest BCUT2D eigenvalue weighted by molar-refractivity contribution is 0.585. The maximum absolute atomic E-state index is 4.68. The Morgan fingerprint density at radius 3 is 2.78 bits per heavy atom. The largest absolute Gasteiger partial charge is 0.354 e. The van der Waals surface area contributed by atoms with Gasteiger partial charge in [-0.1, -0.05) is 0 Å². The summed E-state index contributed by atoms with van der Waals surface area (Å²) in [6.45, 7) is 6.18. The Kier molecular flexibility index (Phi) is 3.25. The van der Waals surface area contributed by atoms with Gasteiger partial charge in [0, 0.05) is 37.3 Å². The first-order valence-electron chi connectivity index (χ1n) is 6.18. The predicted octanol–water partition coefficient (Wildman–Crippen LogP) is 1.92. The van der Waals surface area contributed by atoms with Crippen LogP contribution >= 0.6 is 11.3 Å². The highest BCUT2D eigenvalue weighted by Crippen LogP contribution is 2.25. The van der Waals surface area contributed by atoms with Crippen LogP contribution in [0.15, 0.2) is 24.4 Å². The summed E-state index contributed by atoms with van der Waals surface area (Å²) in [5.74, 6) is 1.87. The zero-order valence-corrected chi connectivity index (χ0v) is 11.2. The smallest absolute Gasteiger partial charge is 0.171 e. The Morgan fingerprint density at radius 2 is 2.06 bits per heavy atom. The highest BCUT2D eigenvalue weighted by atomic mass is 32.1. The molecule has 0 aliphatic carbocycles. The van der Waals surface area contributed by atoms with Crippen molar-refractivity contribution >= 4 is 17.2 Å². The minimum atomic E-state index is 0.837. The van der Waals surface area contributed by atoms with Crippen LogP contribution in [-0.4, -0.2) is 36.1 Å². The van der Waals surface area contributed by atoms with Gasteiger partial charge in [0.05, 0.1) is 4.88 Å². The second kappa shape index (κ2) is 5.04. The quantitative estimate of drug-likeness (QED) is 0.895. The molecule has 0 amide bonds. The van der Waals surface area contributed by atoms with Gasteiger partial charge in [-0.3, -0.25) is 0 Å². The molecule has 3 rings (SSSR count). The molecular weight excluding hydrogens is 244 g/mol. The van der Waals surface area contributed by atoms with Crippen molar-refractivity contribution in [3.63, 3.8) is 0 Å². The Bertz CT molecular complexity index is 531. The van der Waals surface area contributed by atoms with Crippen molar-refractivity contribution in [3.05, 3.63) is 29.3 Å². The molecule has 1 aliphatic heterocycles. The van der Waals surface area contributed by atoms with Gasteiger partial charge in [0.1, 0.15) is 5.82 Å². The number of anilines is 1. The van der Waals surface area contributed by atoms with E-state index < -0.39 is 0 Å². The third kappa shape index (κ3) is 2.37. The van der Waals surface area contributed by atoms with Crippen molar-refractivity contribution < 1.29 is 0 Å². The fourth-order valence-corrected chi connectivity index (χ4v) is 2.90. The second-order valence-electron chi connectivity index (χ2n) is 4.39. The fraction of sp³-hybridized carbons (Fsp3) is 0.385. The van der Waals surface area contributed by atoms with E-state index in [0.717, 1.165) is 42.7 Å². The minimum absolute atomic E-state index is 0.837. The molecule has 0 spiro atoms. The molecule has 2 aromatic rings. The van der Waals surface area contributed by atoms with E-state index >= 15 is 0 Å². The van der Waals surface area contributed by atoms with Gasteiger partial charge in [0.15, 0.2) is 5.82 Å². The van der Waals surface area contributed by atoms with E-state index in [-0.39, 0.29) is 0 Å². The highest BCUT2D eigenvalue weighted by Gasteiger charge is 2.13. The zero-order valence-electron chi connectivity index (χ0n) is 10.4. The van der Waals surface area contributed by atoms with Crippen LogP contribution < -0.4 is 10.2 Å². The van der Waals surface area contributed by atoms with E-state index in [0.29, 0.717) is 0 Å². The Labute approximate surface area is 111 Å². The summed E-state index contributed by atoms with van der Waals surface area (Å²) >= 11 is 1.74. The number of rotatable bonds is 2. The van der Waals surface area contributed by atoms with Gasteiger partial charge in [-0.15, -0.1) is 11.3 Å². The number of aryl methyl sites for hydroxylation is 1. The van der Waals surface area contributed by atoms with Crippen molar-refractivity contribution in [3.8, 4) is 10.7 Å². The molecule has 18 heavy (non-hydrogen) atoms. The van der Waals surface area contributed by atoms with E-state index in [1.165, 1.54) is 4.88 Å². The Hall–Kier alpha value is -1.46. The molecule has 0 unspecified atom stereocenters. The molecule has 0 saturated carbocycles. The van der Waals surface area contributed by atoms with Crippen LogP contribution in [0.4, 0.5) is 5.82 Å². The SMILES string of the molecule is Cc1ccc(-c2nccc(N3CCNCC3)n2)s1. The molecule has 1 saturated heterocycles. The number of aromatic nitrogens is 2. The normalized spacial score (nSPS) is 15.9. The molecule has 4 nitrogen and oxygen atoms in total. The summed E-state index contributed by atoms with van der Waals surface area (Å²) in [5, 5.41) is 3.35. The molecule has 1 fully saturated rings. The molecule has 94 valence electrons. The number of thiophene rings is 1. The van der Waals surface area contributed by atoms with Crippen molar-refractivity contribution in [2.24, 2.45) is 0 Å². The average Bonchev–Trinajstić information content (AvgIpc) is 2.87. The zero-order chi connectivity index (χ0) is 12.4. The highest BCUT2D eigenvalue weighted by molar-refractivity contribution is 7.15. The fourth-order valence-electron chi connectivity index (χ4n) is 2.09. The second-order valence-corrected chi connectivity index (χ2v) is 5.67. The maximum Gasteiger partial charge on any atom is 0.171 e. The summed E-state index contributed by atoms with van der Waals surface area (Å²) in [7, 11) is 0. The lowest BCUT2D eigenvalue weighted by Gasteiger charge is -2.28. The first kappa shape index (κ1) is 11.6. The Balaban J connectivity index is 1.88. The van der Waals surface area contributed by atoms with Gasteiger partial charge in [-0.2, -0.15) is 0 Å². The maximum atomic E-state index is 4.68. The number of nitrogens with one attached hydrogen (secondary N) is 1. The average molecular weight is 260 g/mol. The number of nitrogens with zero attached hydrogens (tertiary/aromatic N) is 3. The van der Waals surface area contributed by atoms with E-state index in [4.69, 9.17) is 0 Å². The first-order valence-corrected chi connectivity index (χ1v) is 7.00. The lowest BCUT2D eigenvalue weighted by Crippen LogP contribution is -2.43. The van der Waals surface area contributed by atoms with E-state index in [2.05, 4.69) is 39.2 Å². The van der Waals surface area contributed by atoms with Crippen LogP contribution in [-0.2, 0) is 0 Å². The number of hydrogen-bond acceptors (Lipinski definition) is 5. The molecule has 3 heterocycles. The number of hydrogen-bond donors (Lipinski definition) is 1. The van der Waals surface area contributed by atoms with Gasteiger partial charge in [-0.25, -0.2) is 9.97 Å². The number of piperazine rings is 1. The molecule has 2 aromatic heterocycles. The third-order valence-electron chi connectivity index (χ3n) is 3.04. The van der Waals surface area contributed by atoms with Gasteiger partial charge in [-0.05, 0) is 25.1 Å². The van der Waals surface area contributed by atoms with Crippen molar-refractivity contribution in [2.75, 3.05) is 31.1 Å². The monoisotopic (exact) mass is 260 g/mol. The molecule has 0 atom stereocenters. The molecule has 5 heteroatoms. The van der Waals surface area contributed by atoms with E-state index in [1.54, 1.807) is 11.3 Å².